The number of nitrogens with two attached hydrogens (primary N) is 1. The van der Waals surface area contributed by atoms with Gasteiger partial charge in [0.05, 0.1) is 4.90 Å². The van der Waals surface area contributed by atoms with Crippen molar-refractivity contribution in [2.45, 2.75) is 43.7 Å². The maximum atomic E-state index is 12.6. The van der Waals surface area contributed by atoms with E-state index in [9.17, 15) is 8.42 Å². The predicted octanol–water partition coefficient (Wildman–Crippen LogP) is 1.99. The second kappa shape index (κ2) is 6.12. The van der Waals surface area contributed by atoms with Gasteiger partial charge < -0.3 is 10.6 Å². The lowest BCUT2D eigenvalue weighted by Crippen LogP contribution is -2.47. The van der Waals surface area contributed by atoms with Gasteiger partial charge in [-0.25, -0.2) is 13.1 Å². The van der Waals surface area contributed by atoms with Crippen LogP contribution in [0.15, 0.2) is 17.0 Å². The fourth-order valence-electron chi connectivity index (χ4n) is 2.63. The number of hydrogen-bond acceptors (Lipinski definition) is 4. The van der Waals surface area contributed by atoms with Crippen LogP contribution in [0.25, 0.3) is 0 Å². The highest BCUT2D eigenvalue weighted by molar-refractivity contribution is 7.89. The summed E-state index contributed by atoms with van der Waals surface area (Å²) < 4.78 is 27.9. The Kier molecular flexibility index (Phi) is 4.82. The SMILES string of the molecule is Cc1c(N)cc(Cl)cc1S(=O)(=O)NC1CCN(C)C(C)C1. The summed E-state index contributed by atoms with van der Waals surface area (Å²) in [6, 6.07) is 3.32. The number of hydrogen-bond donors (Lipinski definition) is 2. The number of sulfonamides is 1. The van der Waals surface area contributed by atoms with Crippen LogP contribution in [0, 0.1) is 6.92 Å². The molecule has 5 nitrogen and oxygen atoms in total. The molecule has 2 rings (SSSR count). The summed E-state index contributed by atoms with van der Waals surface area (Å²) in [5.41, 5.74) is 6.73. The molecule has 1 heterocycles. The summed E-state index contributed by atoms with van der Waals surface area (Å²) in [5, 5.41) is 0.329. The molecule has 0 aliphatic carbocycles. The van der Waals surface area contributed by atoms with Crippen molar-refractivity contribution in [2.24, 2.45) is 0 Å². The van der Waals surface area contributed by atoms with Crippen molar-refractivity contribution in [2.75, 3.05) is 19.3 Å². The minimum absolute atomic E-state index is 0.0548. The topological polar surface area (TPSA) is 75.4 Å². The lowest BCUT2D eigenvalue weighted by Gasteiger charge is -2.35. The second-order valence-electron chi connectivity index (χ2n) is 5.79. The molecule has 21 heavy (non-hydrogen) atoms. The number of anilines is 1. The molecule has 0 bridgehead atoms. The normalized spacial score (nSPS) is 24.2. The highest BCUT2D eigenvalue weighted by atomic mass is 35.5. The van der Waals surface area contributed by atoms with Gasteiger partial charge in [-0.05, 0) is 58.0 Å². The summed E-state index contributed by atoms with van der Waals surface area (Å²) in [6.45, 7) is 4.67. The third-order valence-electron chi connectivity index (χ3n) is 4.18. The molecule has 0 aromatic heterocycles. The van der Waals surface area contributed by atoms with E-state index in [-0.39, 0.29) is 10.9 Å². The van der Waals surface area contributed by atoms with Crippen molar-refractivity contribution in [1.29, 1.82) is 0 Å². The van der Waals surface area contributed by atoms with Gasteiger partial charge in [0.1, 0.15) is 0 Å². The van der Waals surface area contributed by atoms with Crippen molar-refractivity contribution < 1.29 is 8.42 Å². The first kappa shape index (κ1) is 16.5. The molecule has 1 aromatic rings. The molecular weight excluding hydrogens is 310 g/mol. The molecule has 1 aromatic carbocycles. The summed E-state index contributed by atoms with van der Waals surface area (Å²) in [7, 11) is -1.56. The summed E-state index contributed by atoms with van der Waals surface area (Å²) >= 11 is 5.93. The Hall–Kier alpha value is -0.820. The lowest BCUT2D eigenvalue weighted by molar-refractivity contribution is 0.178. The molecule has 1 aliphatic rings. The Morgan fingerprint density at radius 1 is 1.43 bits per heavy atom. The Balaban J connectivity index is 2.23. The molecule has 1 aliphatic heterocycles. The van der Waals surface area contributed by atoms with E-state index in [1.165, 1.54) is 6.07 Å². The summed E-state index contributed by atoms with van der Waals surface area (Å²) in [4.78, 5) is 2.40. The first-order valence-electron chi connectivity index (χ1n) is 6.99. The predicted molar refractivity (Wildman–Crippen MR) is 86.0 cm³/mol. The quantitative estimate of drug-likeness (QED) is 0.831. The number of halogens is 1. The largest absolute Gasteiger partial charge is 0.398 e. The third kappa shape index (κ3) is 3.69. The standard InChI is InChI=1S/C14H22ClN3O2S/c1-9-6-12(4-5-18(9)3)17-21(19,20)14-8-11(15)7-13(16)10(14)2/h7-9,12,17H,4-6,16H2,1-3H3. The zero-order chi connectivity index (χ0) is 15.8. The fraction of sp³-hybridized carbons (Fsp3) is 0.571. The number of likely N-dealkylation sites (tertiary alicyclic amines) is 1. The first-order chi connectivity index (χ1) is 9.70. The van der Waals surface area contributed by atoms with E-state index < -0.39 is 10.0 Å². The number of benzene rings is 1. The van der Waals surface area contributed by atoms with Crippen molar-refractivity contribution in [1.82, 2.24) is 9.62 Å². The average molecular weight is 332 g/mol. The molecule has 0 saturated carbocycles. The van der Waals surface area contributed by atoms with E-state index in [1.54, 1.807) is 13.0 Å². The lowest BCUT2D eigenvalue weighted by atomic mass is 10.0. The average Bonchev–Trinajstić information content (AvgIpc) is 2.37. The van der Waals surface area contributed by atoms with Gasteiger partial charge in [0.25, 0.3) is 0 Å². The first-order valence-corrected chi connectivity index (χ1v) is 8.85. The van der Waals surface area contributed by atoms with Crippen molar-refractivity contribution >= 4 is 27.3 Å². The molecule has 2 atom stereocenters. The number of nitrogens with zero attached hydrogens (tertiary/aromatic N) is 1. The van der Waals surface area contributed by atoms with Crippen LogP contribution < -0.4 is 10.5 Å². The van der Waals surface area contributed by atoms with Crippen molar-refractivity contribution in [3.05, 3.63) is 22.7 Å². The van der Waals surface area contributed by atoms with E-state index in [4.69, 9.17) is 17.3 Å². The minimum Gasteiger partial charge on any atom is -0.398 e. The van der Waals surface area contributed by atoms with Crippen LogP contribution >= 0.6 is 11.6 Å². The highest BCUT2D eigenvalue weighted by Crippen LogP contribution is 2.27. The van der Waals surface area contributed by atoms with Gasteiger partial charge in [-0.3, -0.25) is 0 Å². The molecular formula is C14H22ClN3O2S. The van der Waals surface area contributed by atoms with Gasteiger partial charge in [0.15, 0.2) is 0 Å². The Bertz CT molecular complexity index is 633. The van der Waals surface area contributed by atoms with Crippen LogP contribution in [-0.2, 0) is 10.0 Å². The Morgan fingerprint density at radius 2 is 2.10 bits per heavy atom. The van der Waals surface area contributed by atoms with E-state index in [2.05, 4.69) is 23.6 Å². The van der Waals surface area contributed by atoms with E-state index in [0.717, 1.165) is 19.4 Å². The van der Waals surface area contributed by atoms with Gasteiger partial charge in [0, 0.05) is 22.8 Å². The molecule has 3 N–H and O–H groups in total. The van der Waals surface area contributed by atoms with Crippen LogP contribution in [0.1, 0.15) is 25.3 Å². The van der Waals surface area contributed by atoms with E-state index >= 15 is 0 Å². The smallest absolute Gasteiger partial charge is 0.241 e. The van der Waals surface area contributed by atoms with Crippen LogP contribution in [0.4, 0.5) is 5.69 Å². The maximum absolute atomic E-state index is 12.6. The number of nitrogen functional groups attached to an aromatic ring is 1. The van der Waals surface area contributed by atoms with Gasteiger partial charge >= 0.3 is 0 Å². The highest BCUT2D eigenvalue weighted by Gasteiger charge is 2.28. The maximum Gasteiger partial charge on any atom is 0.241 e. The molecule has 0 amide bonds. The van der Waals surface area contributed by atoms with E-state index in [1.807, 2.05) is 0 Å². The molecule has 1 fully saturated rings. The number of nitrogens with one attached hydrogen (secondary N) is 1. The fourth-order valence-corrected chi connectivity index (χ4v) is 4.51. The molecule has 118 valence electrons. The minimum atomic E-state index is -3.61. The molecule has 0 spiro atoms. The van der Waals surface area contributed by atoms with Gasteiger partial charge in [-0.1, -0.05) is 11.6 Å². The van der Waals surface area contributed by atoms with Crippen molar-refractivity contribution in [3.63, 3.8) is 0 Å². The van der Waals surface area contributed by atoms with Crippen LogP contribution in [0.3, 0.4) is 0 Å². The van der Waals surface area contributed by atoms with Gasteiger partial charge in [-0.15, -0.1) is 0 Å². The van der Waals surface area contributed by atoms with Crippen LogP contribution in [-0.4, -0.2) is 39.0 Å². The summed E-state index contributed by atoms with van der Waals surface area (Å²) in [6.07, 6.45) is 1.60. The second-order valence-corrected chi connectivity index (χ2v) is 7.91. The third-order valence-corrected chi connectivity index (χ3v) is 6.05. The monoisotopic (exact) mass is 331 g/mol. The van der Waals surface area contributed by atoms with E-state index in [0.29, 0.717) is 22.3 Å². The molecule has 2 unspecified atom stereocenters. The number of rotatable bonds is 3. The Morgan fingerprint density at radius 3 is 2.71 bits per heavy atom. The van der Waals surface area contributed by atoms with Gasteiger partial charge in [-0.2, -0.15) is 0 Å². The van der Waals surface area contributed by atoms with Gasteiger partial charge in [0.2, 0.25) is 10.0 Å². The van der Waals surface area contributed by atoms with Crippen molar-refractivity contribution in [3.8, 4) is 0 Å². The van der Waals surface area contributed by atoms with Crippen LogP contribution in [0.2, 0.25) is 5.02 Å². The zero-order valence-corrected chi connectivity index (χ0v) is 14.1. The summed E-state index contributed by atoms with van der Waals surface area (Å²) in [5.74, 6) is 0. The molecule has 1 saturated heterocycles. The zero-order valence-electron chi connectivity index (χ0n) is 12.6. The number of piperidine rings is 1. The Labute approximate surface area is 131 Å². The molecule has 0 radical (unpaired) electrons. The van der Waals surface area contributed by atoms with Crippen LogP contribution in [0.5, 0.6) is 0 Å². The molecule has 7 heteroatoms.